The minimum absolute atomic E-state index is 0.0498. The van der Waals surface area contributed by atoms with Gasteiger partial charge < -0.3 is 5.32 Å². The second-order valence-corrected chi connectivity index (χ2v) is 3.99. The van der Waals surface area contributed by atoms with Crippen molar-refractivity contribution in [3.63, 3.8) is 0 Å². The van der Waals surface area contributed by atoms with Gasteiger partial charge in [0.15, 0.2) is 0 Å². The van der Waals surface area contributed by atoms with Crippen LogP contribution in [0.25, 0.3) is 0 Å². The van der Waals surface area contributed by atoms with Crippen LogP contribution in [0.4, 0.5) is 8.78 Å². The quantitative estimate of drug-likeness (QED) is 0.815. The van der Waals surface area contributed by atoms with Crippen molar-refractivity contribution in [2.45, 2.75) is 25.2 Å². The van der Waals surface area contributed by atoms with E-state index in [0.717, 1.165) is 25.9 Å². The van der Waals surface area contributed by atoms with E-state index in [4.69, 9.17) is 0 Å². The smallest absolute Gasteiger partial charge is 0.282 e. The fourth-order valence-corrected chi connectivity index (χ4v) is 2.13. The van der Waals surface area contributed by atoms with Gasteiger partial charge in [-0.15, -0.1) is 0 Å². The molecule has 0 spiro atoms. The predicted octanol–water partition coefficient (Wildman–Crippen LogP) is 1.82. The van der Waals surface area contributed by atoms with Gasteiger partial charge in [-0.05, 0) is 25.3 Å². The van der Waals surface area contributed by atoms with Gasteiger partial charge in [0.05, 0.1) is 0 Å². The van der Waals surface area contributed by atoms with Crippen LogP contribution >= 0.6 is 0 Å². The summed E-state index contributed by atoms with van der Waals surface area (Å²) in [5.41, 5.74) is 0.658. The second-order valence-electron chi connectivity index (χ2n) is 3.99. The van der Waals surface area contributed by atoms with Gasteiger partial charge in [-0.1, -0.05) is 0 Å². The van der Waals surface area contributed by atoms with E-state index in [9.17, 15) is 8.78 Å². The van der Waals surface area contributed by atoms with Gasteiger partial charge in [-0.3, -0.25) is 4.68 Å². The molecule has 0 amide bonds. The van der Waals surface area contributed by atoms with E-state index >= 15 is 0 Å². The van der Waals surface area contributed by atoms with Crippen LogP contribution in [-0.4, -0.2) is 22.9 Å². The molecule has 0 saturated carbocycles. The van der Waals surface area contributed by atoms with Crippen LogP contribution < -0.4 is 5.32 Å². The van der Waals surface area contributed by atoms with Crippen LogP contribution in [0.2, 0.25) is 0 Å². The molecular weight excluding hydrogens is 200 g/mol. The molecule has 1 saturated heterocycles. The van der Waals surface area contributed by atoms with Crippen molar-refractivity contribution in [3.05, 3.63) is 17.5 Å². The van der Waals surface area contributed by atoms with Crippen molar-refractivity contribution in [2.24, 2.45) is 7.05 Å². The molecule has 84 valence electrons. The Labute approximate surface area is 87.5 Å². The fourth-order valence-electron chi connectivity index (χ4n) is 2.13. The van der Waals surface area contributed by atoms with Crippen molar-refractivity contribution >= 4 is 0 Å². The summed E-state index contributed by atoms with van der Waals surface area (Å²) in [5, 5.41) is 7.05. The highest BCUT2D eigenvalue weighted by atomic mass is 19.3. The normalized spacial score (nSPS) is 22.3. The molecule has 1 unspecified atom stereocenters. The molecule has 0 aliphatic carbocycles. The third-order valence-electron chi connectivity index (χ3n) is 2.83. The van der Waals surface area contributed by atoms with Crippen molar-refractivity contribution in [1.29, 1.82) is 0 Å². The van der Waals surface area contributed by atoms with Crippen molar-refractivity contribution < 1.29 is 8.78 Å². The Morgan fingerprint density at radius 2 is 2.40 bits per heavy atom. The molecule has 2 rings (SSSR count). The molecule has 1 aromatic heterocycles. The summed E-state index contributed by atoms with van der Waals surface area (Å²) in [7, 11) is 1.69. The van der Waals surface area contributed by atoms with Gasteiger partial charge in [0.2, 0.25) is 0 Å². The molecule has 3 nitrogen and oxygen atoms in total. The Kier molecular flexibility index (Phi) is 3.00. The Morgan fingerprint density at radius 1 is 1.60 bits per heavy atom. The average molecular weight is 215 g/mol. The molecule has 1 atom stereocenters. The SMILES string of the molecule is Cn1cc(C2CCCNC2)c(C(F)F)n1. The molecule has 15 heavy (non-hydrogen) atoms. The topological polar surface area (TPSA) is 29.9 Å². The number of piperidine rings is 1. The van der Waals surface area contributed by atoms with Crippen molar-refractivity contribution in [2.75, 3.05) is 13.1 Å². The first-order valence-corrected chi connectivity index (χ1v) is 5.21. The zero-order valence-corrected chi connectivity index (χ0v) is 8.71. The lowest BCUT2D eigenvalue weighted by molar-refractivity contribution is 0.143. The van der Waals surface area contributed by atoms with E-state index in [1.807, 2.05) is 0 Å². The molecular formula is C10H15F2N3. The molecule has 1 aromatic rings. The largest absolute Gasteiger partial charge is 0.316 e. The monoisotopic (exact) mass is 215 g/mol. The standard InChI is InChI=1S/C10H15F2N3/c1-15-6-8(9(14-15)10(11)12)7-3-2-4-13-5-7/h6-7,10,13H,2-5H2,1H3. The maximum atomic E-state index is 12.7. The molecule has 1 aliphatic rings. The summed E-state index contributed by atoms with van der Waals surface area (Å²) in [6.07, 6.45) is 1.27. The van der Waals surface area contributed by atoms with E-state index in [0.29, 0.717) is 5.56 Å². The summed E-state index contributed by atoms with van der Waals surface area (Å²) >= 11 is 0. The highest BCUT2D eigenvalue weighted by molar-refractivity contribution is 5.24. The average Bonchev–Trinajstić information content (AvgIpc) is 2.62. The number of nitrogens with one attached hydrogen (secondary N) is 1. The summed E-state index contributed by atoms with van der Waals surface area (Å²) in [5.74, 6) is 0.191. The number of aromatic nitrogens is 2. The van der Waals surface area contributed by atoms with Crippen LogP contribution in [0.5, 0.6) is 0 Å². The van der Waals surface area contributed by atoms with Gasteiger partial charge >= 0.3 is 0 Å². The zero-order chi connectivity index (χ0) is 10.8. The lowest BCUT2D eigenvalue weighted by Crippen LogP contribution is -2.28. The summed E-state index contributed by atoms with van der Waals surface area (Å²) < 4.78 is 26.9. The molecule has 0 aromatic carbocycles. The summed E-state index contributed by atoms with van der Waals surface area (Å²) in [4.78, 5) is 0. The Hall–Kier alpha value is -0.970. The molecule has 1 aliphatic heterocycles. The maximum Gasteiger partial charge on any atom is 0.282 e. The maximum absolute atomic E-state index is 12.7. The Bertz CT molecular complexity index is 329. The number of aryl methyl sites for hydroxylation is 1. The third kappa shape index (κ3) is 2.17. The van der Waals surface area contributed by atoms with Crippen LogP contribution in [-0.2, 0) is 7.05 Å². The first-order chi connectivity index (χ1) is 7.18. The van der Waals surface area contributed by atoms with Crippen molar-refractivity contribution in [1.82, 2.24) is 15.1 Å². The van der Waals surface area contributed by atoms with E-state index in [1.165, 1.54) is 4.68 Å². The molecule has 1 fully saturated rings. The molecule has 0 radical (unpaired) electrons. The molecule has 1 N–H and O–H groups in total. The zero-order valence-electron chi connectivity index (χ0n) is 8.71. The van der Waals surface area contributed by atoms with E-state index in [2.05, 4.69) is 10.4 Å². The highest BCUT2D eigenvalue weighted by Crippen LogP contribution is 2.30. The number of rotatable bonds is 2. The summed E-state index contributed by atoms with van der Waals surface area (Å²) in [6.45, 7) is 1.77. The van der Waals surface area contributed by atoms with E-state index < -0.39 is 6.43 Å². The minimum Gasteiger partial charge on any atom is -0.316 e. The second kappa shape index (κ2) is 4.26. The van der Waals surface area contributed by atoms with Gasteiger partial charge in [-0.25, -0.2) is 8.78 Å². The molecule has 0 bridgehead atoms. The van der Waals surface area contributed by atoms with Crippen LogP contribution in [0.1, 0.15) is 36.4 Å². The number of hydrogen-bond donors (Lipinski definition) is 1. The minimum atomic E-state index is -2.47. The molecule has 2 heterocycles. The lowest BCUT2D eigenvalue weighted by Gasteiger charge is -2.22. The highest BCUT2D eigenvalue weighted by Gasteiger charge is 2.25. The van der Waals surface area contributed by atoms with Gasteiger partial charge in [0.1, 0.15) is 5.69 Å². The number of alkyl halides is 2. The molecule has 5 heteroatoms. The number of nitrogens with zero attached hydrogens (tertiary/aromatic N) is 2. The van der Waals surface area contributed by atoms with Crippen LogP contribution in [0.15, 0.2) is 6.20 Å². The number of hydrogen-bond acceptors (Lipinski definition) is 2. The first kappa shape index (κ1) is 10.5. The Morgan fingerprint density at radius 3 is 3.00 bits per heavy atom. The Balaban J connectivity index is 2.25. The van der Waals surface area contributed by atoms with Crippen LogP contribution in [0.3, 0.4) is 0 Å². The lowest BCUT2D eigenvalue weighted by atomic mass is 9.92. The number of halogens is 2. The summed E-state index contributed by atoms with van der Waals surface area (Å²) in [6, 6.07) is 0. The third-order valence-corrected chi connectivity index (χ3v) is 2.83. The van der Waals surface area contributed by atoms with E-state index in [-0.39, 0.29) is 11.6 Å². The van der Waals surface area contributed by atoms with E-state index in [1.54, 1.807) is 13.2 Å². The predicted molar refractivity (Wildman–Crippen MR) is 53.0 cm³/mol. The fraction of sp³-hybridized carbons (Fsp3) is 0.700. The van der Waals surface area contributed by atoms with Gasteiger partial charge in [0, 0.05) is 25.4 Å². The van der Waals surface area contributed by atoms with Crippen LogP contribution in [0, 0.1) is 0 Å². The first-order valence-electron chi connectivity index (χ1n) is 5.21. The van der Waals surface area contributed by atoms with Gasteiger partial charge in [-0.2, -0.15) is 5.10 Å². The van der Waals surface area contributed by atoms with Gasteiger partial charge in [0.25, 0.3) is 6.43 Å². The van der Waals surface area contributed by atoms with Crippen molar-refractivity contribution in [3.8, 4) is 0 Å².